The third-order valence-electron chi connectivity index (χ3n) is 16.9. The molecule has 1 N–H and O–H groups in total. The highest BCUT2D eigenvalue weighted by atomic mass is 16.4. The number of carbonyl (C=O) groups is 1. The minimum Gasteiger partial charge on any atom is -0.481 e. The Kier molecular flexibility index (Phi) is 19.9. The monoisotopic (exact) mass is 737 g/mol. The van der Waals surface area contributed by atoms with Gasteiger partial charge in [0.2, 0.25) is 0 Å². The van der Waals surface area contributed by atoms with Gasteiger partial charge in [0.1, 0.15) is 0 Å². The Morgan fingerprint density at radius 1 is 0.698 bits per heavy atom. The molecule has 9 atom stereocenters. The van der Waals surface area contributed by atoms with E-state index in [1.807, 2.05) is 5.57 Å². The Hall–Kier alpha value is -0.790. The van der Waals surface area contributed by atoms with E-state index in [4.69, 9.17) is 5.11 Å². The van der Waals surface area contributed by atoms with Gasteiger partial charge in [-0.05, 0) is 122 Å². The van der Waals surface area contributed by atoms with Gasteiger partial charge in [0, 0.05) is 6.42 Å². The summed E-state index contributed by atoms with van der Waals surface area (Å²) in [7, 11) is 0. The molecule has 4 aliphatic rings. The molecule has 308 valence electrons. The lowest BCUT2D eigenvalue weighted by molar-refractivity contribution is -0.137. The number of rotatable bonds is 28. The smallest absolute Gasteiger partial charge is 0.303 e. The first kappa shape index (κ1) is 44.9. The van der Waals surface area contributed by atoms with Crippen molar-refractivity contribution in [3.8, 4) is 0 Å². The zero-order chi connectivity index (χ0) is 38.1. The maximum absolute atomic E-state index is 10.6. The SMILES string of the molecule is CC[C@H](CC[C@@H](C)[C@H]1CC[C@H]2[C@@H]3CC=C4CC(CCCCCCCCCCCCCCCCCCCCCC(=O)O)CC[C@]4(C)[C@H]3CC[C@]12C)C(C)C. The van der Waals surface area contributed by atoms with E-state index in [0.29, 0.717) is 17.3 Å². The summed E-state index contributed by atoms with van der Waals surface area (Å²) in [5.41, 5.74) is 3.04. The quantitative estimate of drug-likeness (QED) is 0.0641. The zero-order valence-electron chi connectivity index (χ0n) is 36.7. The molecule has 0 aromatic carbocycles. The summed E-state index contributed by atoms with van der Waals surface area (Å²) in [6, 6.07) is 0. The van der Waals surface area contributed by atoms with Gasteiger partial charge < -0.3 is 5.11 Å². The molecule has 53 heavy (non-hydrogen) atoms. The van der Waals surface area contributed by atoms with Crippen LogP contribution in [0.1, 0.15) is 247 Å². The van der Waals surface area contributed by atoms with Gasteiger partial charge in [0.15, 0.2) is 0 Å². The lowest BCUT2D eigenvalue weighted by Gasteiger charge is -2.58. The van der Waals surface area contributed by atoms with Gasteiger partial charge >= 0.3 is 5.97 Å². The van der Waals surface area contributed by atoms with E-state index in [9.17, 15) is 4.79 Å². The molecule has 2 heteroatoms. The lowest BCUT2D eigenvalue weighted by atomic mass is 9.46. The van der Waals surface area contributed by atoms with Crippen molar-refractivity contribution in [2.75, 3.05) is 0 Å². The highest BCUT2D eigenvalue weighted by Crippen LogP contribution is 2.67. The molecular formula is C51H92O2. The van der Waals surface area contributed by atoms with E-state index in [2.05, 4.69) is 47.6 Å². The first-order valence-electron chi connectivity index (χ1n) is 24.5. The molecule has 4 aliphatic carbocycles. The normalized spacial score (nSPS) is 30.8. The van der Waals surface area contributed by atoms with Gasteiger partial charge in [0.05, 0.1) is 0 Å². The van der Waals surface area contributed by atoms with E-state index < -0.39 is 5.97 Å². The third kappa shape index (κ3) is 13.4. The molecule has 0 aromatic heterocycles. The molecule has 4 rings (SSSR count). The van der Waals surface area contributed by atoms with Crippen LogP contribution in [0, 0.1) is 58.2 Å². The van der Waals surface area contributed by atoms with Crippen LogP contribution < -0.4 is 0 Å². The summed E-state index contributed by atoms with van der Waals surface area (Å²) >= 11 is 0. The van der Waals surface area contributed by atoms with Crippen molar-refractivity contribution in [2.24, 2.45) is 58.2 Å². The molecular weight excluding hydrogens is 645 g/mol. The fourth-order valence-corrected chi connectivity index (χ4v) is 13.4. The number of hydrogen-bond donors (Lipinski definition) is 1. The second-order valence-electron chi connectivity index (χ2n) is 20.7. The van der Waals surface area contributed by atoms with Crippen LogP contribution in [0.4, 0.5) is 0 Å². The van der Waals surface area contributed by atoms with Gasteiger partial charge in [-0.15, -0.1) is 0 Å². The molecule has 3 fully saturated rings. The van der Waals surface area contributed by atoms with Gasteiger partial charge in [-0.1, -0.05) is 188 Å². The Bertz CT molecular complexity index is 1040. The number of carboxylic acids is 1. The molecule has 2 nitrogen and oxygen atoms in total. The van der Waals surface area contributed by atoms with Gasteiger partial charge in [-0.2, -0.15) is 0 Å². The Morgan fingerprint density at radius 3 is 1.77 bits per heavy atom. The summed E-state index contributed by atoms with van der Waals surface area (Å²) in [6.45, 7) is 15.5. The Balaban J connectivity index is 1.01. The number of unbranched alkanes of at least 4 members (excludes halogenated alkanes) is 18. The summed E-state index contributed by atoms with van der Waals surface area (Å²) in [5, 5.41) is 8.70. The molecule has 0 bridgehead atoms. The predicted octanol–water partition coefficient (Wildman–Crippen LogP) is 16.6. The Morgan fingerprint density at radius 2 is 1.25 bits per heavy atom. The first-order chi connectivity index (χ1) is 25.6. The Labute approximate surface area is 331 Å². The van der Waals surface area contributed by atoms with Crippen LogP contribution in [0.15, 0.2) is 11.6 Å². The van der Waals surface area contributed by atoms with Gasteiger partial charge in [-0.3, -0.25) is 4.79 Å². The van der Waals surface area contributed by atoms with Crippen molar-refractivity contribution in [3.05, 3.63) is 11.6 Å². The number of hydrogen-bond acceptors (Lipinski definition) is 1. The van der Waals surface area contributed by atoms with Gasteiger partial charge in [0.25, 0.3) is 0 Å². The molecule has 0 heterocycles. The fourth-order valence-electron chi connectivity index (χ4n) is 13.4. The second-order valence-corrected chi connectivity index (χ2v) is 20.7. The molecule has 0 radical (unpaired) electrons. The topological polar surface area (TPSA) is 37.3 Å². The zero-order valence-corrected chi connectivity index (χ0v) is 36.7. The lowest BCUT2D eigenvalue weighted by Crippen LogP contribution is -2.50. The minimum atomic E-state index is -0.646. The molecule has 0 amide bonds. The summed E-state index contributed by atoms with van der Waals surface area (Å²) in [6.07, 6.45) is 46.9. The summed E-state index contributed by atoms with van der Waals surface area (Å²) in [4.78, 5) is 10.6. The van der Waals surface area contributed by atoms with E-state index in [-0.39, 0.29) is 0 Å². The average molecular weight is 737 g/mol. The van der Waals surface area contributed by atoms with Crippen LogP contribution in [-0.4, -0.2) is 11.1 Å². The van der Waals surface area contributed by atoms with Crippen LogP contribution >= 0.6 is 0 Å². The van der Waals surface area contributed by atoms with Crippen molar-refractivity contribution < 1.29 is 9.90 Å². The number of aliphatic carboxylic acids is 1. The largest absolute Gasteiger partial charge is 0.481 e. The van der Waals surface area contributed by atoms with E-state index in [1.165, 1.54) is 186 Å². The van der Waals surface area contributed by atoms with Crippen LogP contribution in [0.25, 0.3) is 0 Å². The molecule has 0 aliphatic heterocycles. The van der Waals surface area contributed by atoms with E-state index in [0.717, 1.165) is 60.2 Å². The number of carboxylic acid groups (broad SMARTS) is 1. The third-order valence-corrected chi connectivity index (χ3v) is 16.9. The fraction of sp³-hybridized carbons (Fsp3) is 0.941. The van der Waals surface area contributed by atoms with Crippen molar-refractivity contribution in [2.45, 2.75) is 247 Å². The molecule has 0 spiro atoms. The van der Waals surface area contributed by atoms with Crippen molar-refractivity contribution in [1.82, 2.24) is 0 Å². The van der Waals surface area contributed by atoms with Crippen LogP contribution in [0.2, 0.25) is 0 Å². The molecule has 1 unspecified atom stereocenters. The summed E-state index contributed by atoms with van der Waals surface area (Å²) in [5.74, 6) is 6.89. The highest BCUT2D eigenvalue weighted by Gasteiger charge is 2.59. The number of allylic oxidation sites excluding steroid dienone is 2. The predicted molar refractivity (Wildman–Crippen MR) is 230 cm³/mol. The van der Waals surface area contributed by atoms with Crippen LogP contribution in [0.5, 0.6) is 0 Å². The average Bonchev–Trinajstić information content (AvgIpc) is 3.49. The van der Waals surface area contributed by atoms with Crippen molar-refractivity contribution in [3.63, 3.8) is 0 Å². The molecule has 0 aromatic rings. The van der Waals surface area contributed by atoms with E-state index >= 15 is 0 Å². The van der Waals surface area contributed by atoms with Crippen molar-refractivity contribution in [1.29, 1.82) is 0 Å². The highest BCUT2D eigenvalue weighted by molar-refractivity contribution is 5.66. The second kappa shape index (κ2) is 23.4. The molecule has 3 saturated carbocycles. The molecule has 0 saturated heterocycles. The maximum Gasteiger partial charge on any atom is 0.303 e. The maximum atomic E-state index is 10.6. The standard InChI is InChI=1S/C51H92O2/c1-7-43(40(2)3)30-29-41(4)46-33-34-47-45-32-31-44-39-42(35-37-50(44,5)48(45)36-38-51(46,47)6)27-25-23-21-19-17-15-13-11-9-8-10-12-14-16-18-20-22-24-26-28-49(52)53/h31,40-43,45-48H,7-30,32-39H2,1-6H3,(H,52,53)/t41-,42?,43-,45+,46-,47+,48+,50+,51-/m1/s1. The number of fused-ring (bicyclic) bond motifs is 5. The first-order valence-corrected chi connectivity index (χ1v) is 24.5. The van der Waals surface area contributed by atoms with Crippen molar-refractivity contribution >= 4 is 5.97 Å². The van der Waals surface area contributed by atoms with Gasteiger partial charge in [-0.25, -0.2) is 0 Å². The van der Waals surface area contributed by atoms with Crippen LogP contribution in [0.3, 0.4) is 0 Å². The van der Waals surface area contributed by atoms with Crippen LogP contribution in [-0.2, 0) is 4.79 Å². The minimum absolute atomic E-state index is 0.346. The summed E-state index contributed by atoms with van der Waals surface area (Å²) < 4.78 is 0. The van der Waals surface area contributed by atoms with E-state index in [1.54, 1.807) is 0 Å².